The second kappa shape index (κ2) is 4.39. The predicted molar refractivity (Wildman–Crippen MR) is 60.7 cm³/mol. The molecule has 0 aromatic heterocycles. The van der Waals surface area contributed by atoms with Crippen LogP contribution in [0.5, 0.6) is 0 Å². The van der Waals surface area contributed by atoms with Crippen LogP contribution in [-0.2, 0) is 9.84 Å². The van der Waals surface area contributed by atoms with Gasteiger partial charge in [0.25, 0.3) is 0 Å². The highest BCUT2D eigenvalue weighted by atomic mass is 32.2. The van der Waals surface area contributed by atoms with Crippen molar-refractivity contribution < 1.29 is 8.42 Å². The van der Waals surface area contributed by atoms with Crippen molar-refractivity contribution in [2.75, 3.05) is 31.1 Å². The van der Waals surface area contributed by atoms with Gasteiger partial charge < -0.3 is 5.32 Å². The zero-order chi connectivity index (χ0) is 10.9. The molecule has 0 saturated carbocycles. The average molecular weight is 232 g/mol. The Morgan fingerprint density at radius 1 is 1.27 bits per heavy atom. The highest BCUT2D eigenvalue weighted by Crippen LogP contribution is 2.17. The quantitative estimate of drug-likeness (QED) is 0.683. The Labute approximate surface area is 91.9 Å². The molecule has 4 nitrogen and oxygen atoms in total. The minimum Gasteiger partial charge on any atom is -0.314 e. The lowest BCUT2D eigenvalue weighted by Crippen LogP contribution is -2.51. The van der Waals surface area contributed by atoms with Crippen LogP contribution in [0.3, 0.4) is 0 Å². The van der Waals surface area contributed by atoms with E-state index in [9.17, 15) is 8.42 Å². The molecule has 0 radical (unpaired) electrons. The van der Waals surface area contributed by atoms with Crippen LogP contribution in [-0.4, -0.2) is 56.5 Å². The monoisotopic (exact) mass is 232 g/mol. The summed E-state index contributed by atoms with van der Waals surface area (Å²) in [6.07, 6.45) is 2.31. The first-order valence-electron chi connectivity index (χ1n) is 5.75. The largest absolute Gasteiger partial charge is 0.314 e. The van der Waals surface area contributed by atoms with Gasteiger partial charge in [-0.3, -0.25) is 4.90 Å². The van der Waals surface area contributed by atoms with Crippen molar-refractivity contribution in [1.82, 2.24) is 10.2 Å². The van der Waals surface area contributed by atoms with Crippen molar-refractivity contribution in [2.24, 2.45) is 0 Å². The van der Waals surface area contributed by atoms with Gasteiger partial charge in [0.05, 0.1) is 11.5 Å². The van der Waals surface area contributed by atoms with E-state index in [2.05, 4.69) is 17.1 Å². The van der Waals surface area contributed by atoms with Crippen LogP contribution in [0, 0.1) is 0 Å². The summed E-state index contributed by atoms with van der Waals surface area (Å²) in [5.41, 5.74) is 0. The van der Waals surface area contributed by atoms with Gasteiger partial charge in [0, 0.05) is 25.2 Å². The second-order valence-corrected chi connectivity index (χ2v) is 7.02. The molecule has 2 atom stereocenters. The zero-order valence-corrected chi connectivity index (χ0v) is 10.1. The highest BCUT2D eigenvalue weighted by Gasteiger charge is 2.29. The first-order chi connectivity index (χ1) is 7.07. The molecule has 2 heterocycles. The normalized spacial score (nSPS) is 37.7. The lowest BCUT2D eigenvalue weighted by molar-refractivity contribution is 0.158. The van der Waals surface area contributed by atoms with Crippen LogP contribution in [0.4, 0.5) is 0 Å². The fraction of sp³-hybridized carbons (Fsp3) is 1.00. The summed E-state index contributed by atoms with van der Waals surface area (Å²) < 4.78 is 22.6. The van der Waals surface area contributed by atoms with Gasteiger partial charge in [0.2, 0.25) is 0 Å². The minimum atomic E-state index is -2.73. The summed E-state index contributed by atoms with van der Waals surface area (Å²) in [6.45, 7) is 4.74. The van der Waals surface area contributed by atoms with E-state index in [0.29, 0.717) is 23.6 Å². The molecule has 0 amide bonds. The Morgan fingerprint density at radius 3 is 2.53 bits per heavy atom. The number of nitrogens with one attached hydrogen (secondary N) is 1. The Balaban J connectivity index is 1.90. The van der Waals surface area contributed by atoms with Crippen molar-refractivity contribution in [2.45, 2.75) is 31.8 Å². The Kier molecular flexibility index (Phi) is 3.33. The summed E-state index contributed by atoms with van der Waals surface area (Å²) in [7, 11) is -2.73. The molecule has 2 aliphatic heterocycles. The molecular formula is C10H20N2O2S. The highest BCUT2D eigenvalue weighted by molar-refractivity contribution is 7.91. The lowest BCUT2D eigenvalue weighted by atomic mass is 9.99. The van der Waals surface area contributed by atoms with Gasteiger partial charge in [-0.05, 0) is 26.3 Å². The number of rotatable bonds is 1. The van der Waals surface area contributed by atoms with E-state index >= 15 is 0 Å². The van der Waals surface area contributed by atoms with Gasteiger partial charge in [-0.15, -0.1) is 0 Å². The summed E-state index contributed by atoms with van der Waals surface area (Å²) in [6, 6.07) is 1.17. The minimum absolute atomic E-state index is 0.352. The SMILES string of the molecule is CC1CC(N2CCS(=O)(=O)CC2)CCN1. The van der Waals surface area contributed by atoms with Gasteiger partial charge in [-0.25, -0.2) is 8.42 Å². The van der Waals surface area contributed by atoms with E-state index < -0.39 is 9.84 Å². The Hall–Kier alpha value is -0.130. The van der Waals surface area contributed by atoms with E-state index in [0.717, 1.165) is 32.5 Å². The standard InChI is InChI=1S/C10H20N2O2S/c1-9-8-10(2-3-11-9)12-4-6-15(13,14)7-5-12/h9-11H,2-8H2,1H3. The molecule has 15 heavy (non-hydrogen) atoms. The van der Waals surface area contributed by atoms with Crippen molar-refractivity contribution >= 4 is 9.84 Å². The van der Waals surface area contributed by atoms with Crippen LogP contribution >= 0.6 is 0 Å². The molecule has 2 unspecified atom stereocenters. The summed E-state index contributed by atoms with van der Waals surface area (Å²) in [4.78, 5) is 2.36. The first-order valence-corrected chi connectivity index (χ1v) is 7.57. The third kappa shape index (κ3) is 2.92. The van der Waals surface area contributed by atoms with Crippen LogP contribution < -0.4 is 5.32 Å². The topological polar surface area (TPSA) is 49.4 Å². The van der Waals surface area contributed by atoms with Gasteiger partial charge in [0.1, 0.15) is 0 Å². The van der Waals surface area contributed by atoms with Crippen molar-refractivity contribution in [3.05, 3.63) is 0 Å². The molecule has 2 saturated heterocycles. The number of piperidine rings is 1. The third-order valence-electron chi connectivity index (χ3n) is 3.49. The third-order valence-corrected chi connectivity index (χ3v) is 5.10. The van der Waals surface area contributed by atoms with Gasteiger partial charge >= 0.3 is 0 Å². The zero-order valence-electron chi connectivity index (χ0n) is 9.28. The molecule has 2 aliphatic rings. The molecule has 0 aromatic carbocycles. The maximum atomic E-state index is 11.3. The van der Waals surface area contributed by atoms with Gasteiger partial charge in [-0.2, -0.15) is 0 Å². The second-order valence-electron chi connectivity index (χ2n) is 4.72. The van der Waals surface area contributed by atoms with E-state index in [-0.39, 0.29) is 0 Å². The van der Waals surface area contributed by atoms with Crippen LogP contribution in [0.15, 0.2) is 0 Å². The molecule has 0 aliphatic carbocycles. The fourth-order valence-electron chi connectivity index (χ4n) is 2.53. The molecule has 2 rings (SSSR count). The molecule has 0 aromatic rings. The van der Waals surface area contributed by atoms with Crippen LogP contribution in [0.1, 0.15) is 19.8 Å². The van der Waals surface area contributed by atoms with Crippen molar-refractivity contribution in [1.29, 1.82) is 0 Å². The number of sulfone groups is 1. The fourth-order valence-corrected chi connectivity index (χ4v) is 3.76. The maximum absolute atomic E-state index is 11.3. The Bertz CT molecular complexity index is 301. The molecule has 1 N–H and O–H groups in total. The van der Waals surface area contributed by atoms with E-state index in [1.54, 1.807) is 0 Å². The maximum Gasteiger partial charge on any atom is 0.152 e. The average Bonchev–Trinajstić information content (AvgIpc) is 2.17. The van der Waals surface area contributed by atoms with E-state index in [1.165, 1.54) is 0 Å². The summed E-state index contributed by atoms with van der Waals surface area (Å²) in [5.74, 6) is 0.705. The van der Waals surface area contributed by atoms with Crippen LogP contribution in [0.25, 0.3) is 0 Å². The van der Waals surface area contributed by atoms with Crippen LogP contribution in [0.2, 0.25) is 0 Å². The number of hydrogen-bond donors (Lipinski definition) is 1. The molecular weight excluding hydrogens is 212 g/mol. The molecule has 5 heteroatoms. The van der Waals surface area contributed by atoms with Gasteiger partial charge in [0.15, 0.2) is 9.84 Å². The van der Waals surface area contributed by atoms with Crippen molar-refractivity contribution in [3.63, 3.8) is 0 Å². The summed E-state index contributed by atoms with van der Waals surface area (Å²) >= 11 is 0. The first kappa shape index (κ1) is 11.4. The predicted octanol–water partition coefficient (Wildman–Crippen LogP) is -0.143. The lowest BCUT2D eigenvalue weighted by Gasteiger charge is -2.38. The smallest absolute Gasteiger partial charge is 0.152 e. The number of hydrogen-bond acceptors (Lipinski definition) is 4. The molecule has 0 spiro atoms. The molecule has 88 valence electrons. The molecule has 2 fully saturated rings. The van der Waals surface area contributed by atoms with Crippen molar-refractivity contribution in [3.8, 4) is 0 Å². The molecule has 0 bridgehead atoms. The summed E-state index contributed by atoms with van der Waals surface area (Å²) in [5, 5.41) is 3.42. The van der Waals surface area contributed by atoms with E-state index in [1.807, 2.05) is 0 Å². The van der Waals surface area contributed by atoms with E-state index in [4.69, 9.17) is 0 Å². The Morgan fingerprint density at radius 2 is 1.93 bits per heavy atom. The number of nitrogens with zero attached hydrogens (tertiary/aromatic N) is 1. The van der Waals surface area contributed by atoms with Gasteiger partial charge in [-0.1, -0.05) is 0 Å².